The van der Waals surface area contributed by atoms with E-state index >= 15 is 0 Å². The lowest BCUT2D eigenvalue weighted by Crippen LogP contribution is -2.52. The first-order valence-electron chi connectivity index (χ1n) is 10.6. The topological polar surface area (TPSA) is 77.2 Å². The van der Waals surface area contributed by atoms with Gasteiger partial charge in [-0.15, -0.1) is 0 Å². The minimum absolute atomic E-state index is 0.0822. The Morgan fingerprint density at radius 2 is 1.83 bits per heavy atom. The van der Waals surface area contributed by atoms with Gasteiger partial charge in [0.1, 0.15) is 6.26 Å². The number of rotatable bonds is 7. The molecule has 1 saturated heterocycles. The number of nitrogens with zero attached hydrogens (tertiary/aromatic N) is 5. The van der Waals surface area contributed by atoms with Gasteiger partial charge in [0.25, 0.3) is 5.91 Å². The molecule has 1 aliphatic rings. The van der Waals surface area contributed by atoms with Crippen LogP contribution in [-0.2, 0) is 13.1 Å². The molecule has 30 heavy (non-hydrogen) atoms. The molecule has 162 valence electrons. The van der Waals surface area contributed by atoms with Crippen molar-refractivity contribution in [3.8, 4) is 0 Å². The molecule has 1 aromatic carbocycles. The molecule has 2 heterocycles. The van der Waals surface area contributed by atoms with Crippen LogP contribution in [0.25, 0.3) is 0 Å². The third kappa shape index (κ3) is 5.60. The van der Waals surface area contributed by atoms with Crippen LogP contribution in [0.5, 0.6) is 0 Å². The molecule has 3 rings (SSSR count). The molecule has 1 aliphatic heterocycles. The van der Waals surface area contributed by atoms with E-state index in [9.17, 15) is 4.79 Å². The Morgan fingerprint density at radius 1 is 1.13 bits per heavy atom. The monoisotopic (exact) mass is 412 g/mol. The standard InChI is InChI=1S/C22H32N6O2/c1-4-27(5-2)21(29)19-8-6-18(7-9-19)16-24-22(23-3)28-13-11-26(12-14-28)17-20-10-15-30-25-20/h6-10,15H,4-5,11-14,16-17H2,1-3H3,(H,23,24). The summed E-state index contributed by atoms with van der Waals surface area (Å²) in [5, 5.41) is 7.43. The van der Waals surface area contributed by atoms with Gasteiger partial charge < -0.3 is 19.6 Å². The molecular formula is C22H32N6O2. The van der Waals surface area contributed by atoms with Crippen LogP contribution in [-0.4, -0.2) is 78.0 Å². The fraction of sp³-hybridized carbons (Fsp3) is 0.500. The molecule has 8 heteroatoms. The van der Waals surface area contributed by atoms with E-state index in [0.717, 1.165) is 68.6 Å². The minimum Gasteiger partial charge on any atom is -0.364 e. The number of nitrogens with one attached hydrogen (secondary N) is 1. The zero-order chi connectivity index (χ0) is 21.3. The van der Waals surface area contributed by atoms with Crippen LogP contribution in [0, 0.1) is 0 Å². The van der Waals surface area contributed by atoms with Crippen LogP contribution in [0.15, 0.2) is 46.1 Å². The quantitative estimate of drug-likeness (QED) is 0.554. The second kappa shape index (κ2) is 10.8. The maximum Gasteiger partial charge on any atom is 0.253 e. The Kier molecular flexibility index (Phi) is 7.84. The third-order valence-corrected chi connectivity index (χ3v) is 5.46. The van der Waals surface area contributed by atoms with Crippen molar-refractivity contribution in [3.63, 3.8) is 0 Å². The maximum absolute atomic E-state index is 12.4. The van der Waals surface area contributed by atoms with Gasteiger partial charge in [-0.3, -0.25) is 14.7 Å². The van der Waals surface area contributed by atoms with Gasteiger partial charge in [0.2, 0.25) is 0 Å². The highest BCUT2D eigenvalue weighted by Crippen LogP contribution is 2.10. The predicted molar refractivity (Wildman–Crippen MR) is 117 cm³/mol. The first kappa shape index (κ1) is 21.8. The maximum atomic E-state index is 12.4. The van der Waals surface area contributed by atoms with Crippen molar-refractivity contribution in [1.82, 2.24) is 25.2 Å². The fourth-order valence-corrected chi connectivity index (χ4v) is 3.64. The number of guanidine groups is 1. The largest absolute Gasteiger partial charge is 0.364 e. The summed E-state index contributed by atoms with van der Waals surface area (Å²) in [7, 11) is 1.82. The number of hydrogen-bond acceptors (Lipinski definition) is 5. The molecule has 1 amide bonds. The second-order valence-corrected chi connectivity index (χ2v) is 7.33. The number of benzene rings is 1. The van der Waals surface area contributed by atoms with E-state index in [0.29, 0.717) is 6.54 Å². The number of piperazine rings is 1. The van der Waals surface area contributed by atoms with E-state index in [1.807, 2.05) is 56.1 Å². The van der Waals surface area contributed by atoms with Crippen molar-refractivity contribution in [1.29, 1.82) is 0 Å². The molecule has 0 atom stereocenters. The Morgan fingerprint density at radius 3 is 2.40 bits per heavy atom. The number of amides is 1. The smallest absolute Gasteiger partial charge is 0.253 e. The number of aliphatic imine (C=N–C) groups is 1. The number of carbonyl (C=O) groups excluding carboxylic acids is 1. The summed E-state index contributed by atoms with van der Waals surface area (Å²) >= 11 is 0. The minimum atomic E-state index is 0.0822. The van der Waals surface area contributed by atoms with E-state index in [1.165, 1.54) is 0 Å². The second-order valence-electron chi connectivity index (χ2n) is 7.33. The first-order valence-corrected chi connectivity index (χ1v) is 10.6. The summed E-state index contributed by atoms with van der Waals surface area (Å²) < 4.78 is 4.91. The summed E-state index contributed by atoms with van der Waals surface area (Å²) in [5.41, 5.74) is 2.82. The molecule has 1 aromatic heterocycles. The van der Waals surface area contributed by atoms with Crippen molar-refractivity contribution in [2.75, 3.05) is 46.3 Å². The highest BCUT2D eigenvalue weighted by atomic mass is 16.5. The number of hydrogen-bond donors (Lipinski definition) is 1. The third-order valence-electron chi connectivity index (χ3n) is 5.46. The Balaban J connectivity index is 1.48. The van der Waals surface area contributed by atoms with Crippen LogP contribution in [0.3, 0.4) is 0 Å². The lowest BCUT2D eigenvalue weighted by atomic mass is 10.1. The lowest BCUT2D eigenvalue weighted by molar-refractivity contribution is 0.0773. The van der Waals surface area contributed by atoms with Crippen LogP contribution >= 0.6 is 0 Å². The Labute approximate surface area is 178 Å². The van der Waals surface area contributed by atoms with Crippen LogP contribution in [0.2, 0.25) is 0 Å². The molecule has 2 aromatic rings. The van der Waals surface area contributed by atoms with E-state index in [2.05, 4.69) is 25.3 Å². The molecule has 8 nitrogen and oxygen atoms in total. The summed E-state index contributed by atoms with van der Waals surface area (Å²) in [5.74, 6) is 0.984. The van der Waals surface area contributed by atoms with Crippen molar-refractivity contribution >= 4 is 11.9 Å². The molecule has 0 bridgehead atoms. The van der Waals surface area contributed by atoms with Gasteiger partial charge in [0.15, 0.2) is 5.96 Å². The van der Waals surface area contributed by atoms with Crippen LogP contribution in [0.4, 0.5) is 0 Å². The van der Waals surface area contributed by atoms with Gasteiger partial charge in [-0.05, 0) is 31.5 Å². The zero-order valence-electron chi connectivity index (χ0n) is 18.2. The van der Waals surface area contributed by atoms with Gasteiger partial charge >= 0.3 is 0 Å². The van der Waals surface area contributed by atoms with E-state index in [-0.39, 0.29) is 5.91 Å². The average molecular weight is 413 g/mol. The van der Waals surface area contributed by atoms with Crippen LogP contribution < -0.4 is 5.32 Å². The molecule has 1 fully saturated rings. The summed E-state index contributed by atoms with van der Waals surface area (Å²) in [6.45, 7) is 10.7. The van der Waals surface area contributed by atoms with Crippen LogP contribution in [0.1, 0.15) is 35.5 Å². The van der Waals surface area contributed by atoms with Gasteiger partial charge in [0, 0.05) is 71.0 Å². The van der Waals surface area contributed by atoms with Gasteiger partial charge in [0.05, 0.1) is 5.69 Å². The van der Waals surface area contributed by atoms with E-state index < -0.39 is 0 Å². The summed E-state index contributed by atoms with van der Waals surface area (Å²) in [4.78, 5) is 23.4. The molecular weight excluding hydrogens is 380 g/mol. The van der Waals surface area contributed by atoms with Crippen molar-refractivity contribution in [2.45, 2.75) is 26.9 Å². The zero-order valence-corrected chi connectivity index (χ0v) is 18.2. The van der Waals surface area contributed by atoms with Gasteiger partial charge in [-0.2, -0.15) is 0 Å². The number of carbonyl (C=O) groups is 1. The first-order chi connectivity index (χ1) is 14.6. The number of aromatic nitrogens is 1. The molecule has 0 saturated carbocycles. The summed E-state index contributed by atoms with van der Waals surface area (Å²) in [6, 6.07) is 9.74. The van der Waals surface area contributed by atoms with Gasteiger partial charge in [-0.25, -0.2) is 0 Å². The van der Waals surface area contributed by atoms with Crippen molar-refractivity contribution in [2.24, 2.45) is 4.99 Å². The Bertz CT molecular complexity index is 807. The fourth-order valence-electron chi connectivity index (χ4n) is 3.64. The van der Waals surface area contributed by atoms with Crippen molar-refractivity contribution < 1.29 is 9.32 Å². The van der Waals surface area contributed by atoms with E-state index in [4.69, 9.17) is 4.52 Å². The molecule has 1 N–H and O–H groups in total. The lowest BCUT2D eigenvalue weighted by Gasteiger charge is -2.36. The molecule has 0 unspecified atom stereocenters. The molecule has 0 radical (unpaired) electrons. The molecule has 0 spiro atoms. The predicted octanol–water partition coefficient (Wildman–Crippen LogP) is 2.05. The van der Waals surface area contributed by atoms with Gasteiger partial charge in [-0.1, -0.05) is 17.3 Å². The Hall–Kier alpha value is -2.87. The summed E-state index contributed by atoms with van der Waals surface area (Å²) in [6.07, 6.45) is 1.61. The highest BCUT2D eigenvalue weighted by Gasteiger charge is 2.20. The SMILES string of the molecule is CCN(CC)C(=O)c1ccc(CNC(=NC)N2CCN(Cc3ccon3)CC2)cc1. The highest BCUT2D eigenvalue weighted by molar-refractivity contribution is 5.94. The molecule has 0 aliphatic carbocycles. The van der Waals surface area contributed by atoms with E-state index in [1.54, 1.807) is 6.26 Å². The van der Waals surface area contributed by atoms with Crippen molar-refractivity contribution in [3.05, 3.63) is 53.4 Å². The normalized spacial score (nSPS) is 15.3. The average Bonchev–Trinajstić information content (AvgIpc) is 3.29.